The number of aliphatic hydroxyl groups excluding tert-OH is 2. The molecule has 3 N–H and O–H groups in total. The van der Waals surface area contributed by atoms with Gasteiger partial charge in [0.1, 0.15) is 0 Å². The normalized spacial score (nSPS) is 12.6. The molecule has 0 fully saturated rings. The largest absolute Gasteiger partial charge is 0.466 e. The van der Waals surface area contributed by atoms with Gasteiger partial charge in [0, 0.05) is 12.8 Å². The summed E-state index contributed by atoms with van der Waals surface area (Å²) in [7, 11) is 0. The number of hydrogen-bond acceptors (Lipinski definition) is 5. The number of allylic oxidation sites excluding steroid dienone is 4. The molecule has 6 nitrogen and oxygen atoms in total. The lowest BCUT2D eigenvalue weighted by Gasteiger charge is -2.22. The standard InChI is InChI=1S/C76H147NO5/c1-3-5-7-9-11-13-15-17-19-20-39-42-46-50-54-58-62-66-70-76(81)82-71-67-63-59-55-51-47-43-40-37-35-33-31-29-27-25-23-21-22-24-26-28-30-32-34-36-38-41-45-49-53-57-61-65-69-75(80)77-73(72-78)74(79)68-64-60-56-52-48-44-18-16-14-12-10-8-6-4-2/h13,15,19-20,73-74,78-79H,3-12,14,16-18,21-72H2,1-2H3,(H,77,80)/b15-13-,20-19-. The van der Waals surface area contributed by atoms with Gasteiger partial charge in [0.2, 0.25) is 5.91 Å². The molecular weight excluding hydrogens is 1010 g/mol. The second-order valence-electron chi connectivity index (χ2n) is 26.0. The molecule has 0 rings (SSSR count). The van der Waals surface area contributed by atoms with Crippen LogP contribution in [-0.2, 0) is 14.3 Å². The second kappa shape index (κ2) is 71.8. The first kappa shape index (κ1) is 80.3. The van der Waals surface area contributed by atoms with E-state index in [1.807, 2.05) is 0 Å². The molecule has 0 saturated heterocycles. The zero-order chi connectivity index (χ0) is 59.2. The molecule has 0 spiro atoms. The molecular formula is C76H147NO5. The molecule has 0 aromatic rings. The molecule has 0 aliphatic carbocycles. The van der Waals surface area contributed by atoms with E-state index in [0.29, 0.717) is 25.9 Å². The molecule has 2 unspecified atom stereocenters. The summed E-state index contributed by atoms with van der Waals surface area (Å²) in [6.45, 7) is 4.97. The van der Waals surface area contributed by atoms with Crippen molar-refractivity contribution >= 4 is 11.9 Å². The number of carbonyl (C=O) groups excluding carboxylic acids is 2. The number of aliphatic hydroxyl groups is 2. The van der Waals surface area contributed by atoms with Gasteiger partial charge in [0.25, 0.3) is 0 Å². The Morgan fingerprint density at radius 1 is 0.341 bits per heavy atom. The van der Waals surface area contributed by atoms with Crippen LogP contribution in [0.4, 0.5) is 0 Å². The number of carbonyl (C=O) groups is 2. The van der Waals surface area contributed by atoms with E-state index < -0.39 is 12.1 Å². The molecule has 0 aliphatic heterocycles. The van der Waals surface area contributed by atoms with Gasteiger partial charge in [-0.3, -0.25) is 9.59 Å². The minimum Gasteiger partial charge on any atom is -0.466 e. The van der Waals surface area contributed by atoms with Gasteiger partial charge in [-0.2, -0.15) is 0 Å². The molecule has 0 aliphatic rings. The van der Waals surface area contributed by atoms with Crippen LogP contribution in [0.3, 0.4) is 0 Å². The number of nitrogens with one attached hydrogen (secondary N) is 1. The first-order chi connectivity index (χ1) is 40.5. The Balaban J connectivity index is 3.30. The second-order valence-corrected chi connectivity index (χ2v) is 26.0. The monoisotopic (exact) mass is 1150 g/mol. The maximum atomic E-state index is 12.5. The number of amides is 1. The quantitative estimate of drug-likeness (QED) is 0.0320. The number of hydrogen-bond donors (Lipinski definition) is 3. The lowest BCUT2D eigenvalue weighted by atomic mass is 10.0. The fourth-order valence-corrected chi connectivity index (χ4v) is 12.0. The van der Waals surface area contributed by atoms with Crippen molar-refractivity contribution in [1.82, 2.24) is 5.32 Å². The van der Waals surface area contributed by atoms with Crippen LogP contribution in [0.1, 0.15) is 425 Å². The zero-order valence-corrected chi connectivity index (χ0v) is 55.8. The highest BCUT2D eigenvalue weighted by Gasteiger charge is 2.20. The summed E-state index contributed by atoms with van der Waals surface area (Å²) >= 11 is 0. The Bertz CT molecular complexity index is 1280. The van der Waals surface area contributed by atoms with Crippen molar-refractivity contribution in [3.63, 3.8) is 0 Å². The van der Waals surface area contributed by atoms with Crippen LogP contribution in [-0.4, -0.2) is 47.4 Å². The van der Waals surface area contributed by atoms with E-state index in [1.54, 1.807) is 0 Å². The van der Waals surface area contributed by atoms with Crippen molar-refractivity contribution in [2.45, 2.75) is 437 Å². The van der Waals surface area contributed by atoms with E-state index in [1.165, 1.54) is 340 Å². The van der Waals surface area contributed by atoms with E-state index in [2.05, 4.69) is 43.5 Å². The van der Waals surface area contributed by atoms with Gasteiger partial charge in [0.05, 0.1) is 25.4 Å². The summed E-state index contributed by atoms with van der Waals surface area (Å²) in [5.41, 5.74) is 0. The molecule has 2 atom stereocenters. The first-order valence-corrected chi connectivity index (χ1v) is 37.6. The Kier molecular flexibility index (Phi) is 70.4. The average molecular weight is 1160 g/mol. The number of esters is 1. The van der Waals surface area contributed by atoms with Crippen LogP contribution < -0.4 is 5.32 Å². The Hall–Kier alpha value is -1.66. The van der Waals surface area contributed by atoms with Crippen LogP contribution in [0, 0.1) is 0 Å². The molecule has 1 amide bonds. The van der Waals surface area contributed by atoms with Crippen molar-refractivity contribution in [2.24, 2.45) is 0 Å². The summed E-state index contributed by atoms with van der Waals surface area (Å²) in [5, 5.41) is 23.3. The Morgan fingerprint density at radius 2 is 0.610 bits per heavy atom. The third kappa shape index (κ3) is 67.5. The molecule has 6 heteroatoms. The van der Waals surface area contributed by atoms with Gasteiger partial charge in [-0.25, -0.2) is 0 Å². The van der Waals surface area contributed by atoms with E-state index in [4.69, 9.17) is 4.74 Å². The summed E-state index contributed by atoms with van der Waals surface area (Å²) in [4.78, 5) is 24.6. The van der Waals surface area contributed by atoms with E-state index >= 15 is 0 Å². The van der Waals surface area contributed by atoms with Crippen LogP contribution in [0.2, 0.25) is 0 Å². The molecule has 486 valence electrons. The number of ether oxygens (including phenoxy) is 1. The lowest BCUT2D eigenvalue weighted by Crippen LogP contribution is -2.45. The van der Waals surface area contributed by atoms with Crippen LogP contribution in [0.5, 0.6) is 0 Å². The minimum absolute atomic E-state index is 0.0151. The fraction of sp³-hybridized carbons (Fsp3) is 0.921. The highest BCUT2D eigenvalue weighted by Crippen LogP contribution is 2.20. The van der Waals surface area contributed by atoms with Crippen LogP contribution in [0.15, 0.2) is 24.3 Å². The summed E-state index contributed by atoms with van der Waals surface area (Å²) in [6, 6.07) is -0.537. The van der Waals surface area contributed by atoms with Crippen molar-refractivity contribution in [1.29, 1.82) is 0 Å². The summed E-state index contributed by atoms with van der Waals surface area (Å²) in [6.07, 6.45) is 91.1. The molecule has 0 saturated carbocycles. The SMILES string of the molecule is CCCCCC/C=C\C/C=C\CCCCCCCCCC(=O)OCCCCCCCCCCCCCCCCCCCCCCCCCCCCCCCCCCCC(=O)NC(CO)C(O)CCCCCCCCCCCCCCCC. The molecule has 0 heterocycles. The van der Waals surface area contributed by atoms with Crippen molar-refractivity contribution in [3.05, 3.63) is 24.3 Å². The molecule has 82 heavy (non-hydrogen) atoms. The fourth-order valence-electron chi connectivity index (χ4n) is 12.0. The predicted molar refractivity (Wildman–Crippen MR) is 361 cm³/mol. The third-order valence-corrected chi connectivity index (χ3v) is 17.8. The topological polar surface area (TPSA) is 95.9 Å². The lowest BCUT2D eigenvalue weighted by molar-refractivity contribution is -0.143. The van der Waals surface area contributed by atoms with Crippen molar-refractivity contribution < 1.29 is 24.5 Å². The summed E-state index contributed by atoms with van der Waals surface area (Å²) < 4.78 is 5.51. The Morgan fingerprint density at radius 3 is 0.939 bits per heavy atom. The maximum Gasteiger partial charge on any atom is 0.305 e. The van der Waals surface area contributed by atoms with E-state index in [0.717, 1.165) is 51.4 Å². The molecule has 0 aromatic carbocycles. The van der Waals surface area contributed by atoms with Gasteiger partial charge in [0.15, 0.2) is 0 Å². The number of unbranched alkanes of at least 4 members (excludes halogenated alkanes) is 56. The third-order valence-electron chi connectivity index (χ3n) is 17.8. The molecule has 0 radical (unpaired) electrons. The Labute approximate surface area is 513 Å². The first-order valence-electron chi connectivity index (χ1n) is 37.6. The number of rotatable bonds is 71. The van der Waals surface area contributed by atoms with Gasteiger partial charge in [-0.15, -0.1) is 0 Å². The predicted octanol–water partition coefficient (Wildman–Crippen LogP) is 24.5. The molecule has 0 bridgehead atoms. The zero-order valence-electron chi connectivity index (χ0n) is 55.8. The molecule has 0 aromatic heterocycles. The van der Waals surface area contributed by atoms with Crippen molar-refractivity contribution in [2.75, 3.05) is 13.2 Å². The van der Waals surface area contributed by atoms with Gasteiger partial charge >= 0.3 is 5.97 Å². The van der Waals surface area contributed by atoms with Crippen LogP contribution >= 0.6 is 0 Å². The minimum atomic E-state index is -0.660. The van der Waals surface area contributed by atoms with Gasteiger partial charge in [-0.1, -0.05) is 378 Å². The maximum absolute atomic E-state index is 12.5. The highest BCUT2D eigenvalue weighted by molar-refractivity contribution is 5.76. The van der Waals surface area contributed by atoms with E-state index in [9.17, 15) is 19.8 Å². The smallest absolute Gasteiger partial charge is 0.305 e. The van der Waals surface area contributed by atoms with E-state index in [-0.39, 0.29) is 18.5 Å². The highest BCUT2D eigenvalue weighted by atomic mass is 16.5. The van der Waals surface area contributed by atoms with Crippen LogP contribution in [0.25, 0.3) is 0 Å². The van der Waals surface area contributed by atoms with Gasteiger partial charge in [-0.05, 0) is 57.8 Å². The van der Waals surface area contributed by atoms with Crippen molar-refractivity contribution in [3.8, 4) is 0 Å². The summed E-state index contributed by atoms with van der Waals surface area (Å²) in [5.74, 6) is -0.0122. The average Bonchev–Trinajstić information content (AvgIpc) is 3.48. The van der Waals surface area contributed by atoms with Gasteiger partial charge < -0.3 is 20.3 Å².